The Morgan fingerprint density at radius 1 is 1.62 bits per heavy atom. The van der Waals surface area contributed by atoms with Crippen molar-refractivity contribution in [3.8, 4) is 0 Å². The molecule has 0 saturated carbocycles. The Morgan fingerprint density at radius 2 is 2.00 bits per heavy atom. The second-order valence-corrected chi connectivity index (χ2v) is 0.691. The number of hydrogen-bond acceptors (Lipinski definition) is 2. The molecule has 8 heavy (non-hydrogen) atoms. The molecule has 0 aliphatic carbocycles. The summed E-state index contributed by atoms with van der Waals surface area (Å²) in [5.41, 5.74) is 4.89. The molecule has 0 aromatic carbocycles. The Hall–Kier alpha value is 0.972. The van der Waals surface area contributed by atoms with Gasteiger partial charge in [-0.2, -0.15) is 6.92 Å². The molecule has 0 bridgehead atoms. The van der Waals surface area contributed by atoms with Crippen LogP contribution in [0.15, 0.2) is 0 Å². The molecule has 2 N–H and O–H groups in total. The Balaban J connectivity index is -0.0000000750. The van der Waals surface area contributed by atoms with E-state index in [4.69, 9.17) is 5.73 Å². The summed E-state index contributed by atoms with van der Waals surface area (Å²) in [5.74, 6) is 0. The van der Waals surface area contributed by atoms with E-state index in [2.05, 4.69) is 11.7 Å². The zero-order valence-electron chi connectivity index (χ0n) is 5.48. The maximum Gasteiger partial charge on any atom is 2.00 e. The number of methoxy groups -OCH3 is 1. The summed E-state index contributed by atoms with van der Waals surface area (Å²) in [6, 6.07) is 0. The van der Waals surface area contributed by atoms with Crippen molar-refractivity contribution in [2.45, 2.75) is 6.92 Å². The van der Waals surface area contributed by atoms with Gasteiger partial charge in [-0.25, -0.2) is 6.54 Å². The van der Waals surface area contributed by atoms with Crippen LogP contribution in [0.25, 0.3) is 0 Å². The Labute approximate surface area is 75.5 Å². The van der Waals surface area contributed by atoms with Gasteiger partial charge in [0.25, 0.3) is 0 Å². The molecule has 0 heterocycles. The van der Waals surface area contributed by atoms with Crippen molar-refractivity contribution >= 4 is 0 Å². The van der Waals surface area contributed by atoms with Crippen LogP contribution in [0.4, 0.5) is 0 Å². The summed E-state index contributed by atoms with van der Waals surface area (Å²) < 4.78 is 4.51. The average molecular weight is 341 g/mol. The second kappa shape index (κ2) is 24.6. The SMILES string of the molecule is COC[CH-]N.[CH2-]C.[U+2]. The summed E-state index contributed by atoms with van der Waals surface area (Å²) in [5, 5.41) is 0. The monoisotopic (exact) mass is 341 g/mol. The molecule has 0 aliphatic heterocycles. The zero-order chi connectivity index (χ0) is 6.12. The Morgan fingerprint density at radius 3 is 2.00 bits per heavy atom. The van der Waals surface area contributed by atoms with Gasteiger partial charge in [-0.05, 0) is 0 Å². The maximum atomic E-state index is 4.89. The second-order valence-electron chi connectivity index (χ2n) is 0.691. The molecule has 2 nitrogen and oxygen atoms in total. The molecule has 0 rings (SSSR count). The van der Waals surface area contributed by atoms with Crippen LogP contribution in [0, 0.1) is 44.6 Å². The molecular weight excluding hydrogens is 328 g/mol. The van der Waals surface area contributed by atoms with E-state index in [9.17, 15) is 0 Å². The van der Waals surface area contributed by atoms with E-state index in [0.29, 0.717) is 6.61 Å². The predicted octanol–water partition coefficient (Wildman–Crippen LogP) is 0.594. The van der Waals surface area contributed by atoms with Gasteiger partial charge >= 0.3 is 31.1 Å². The van der Waals surface area contributed by atoms with Crippen molar-refractivity contribution in [3.05, 3.63) is 13.5 Å². The van der Waals surface area contributed by atoms with Crippen molar-refractivity contribution < 1.29 is 35.9 Å². The van der Waals surface area contributed by atoms with Crippen molar-refractivity contribution in [3.63, 3.8) is 0 Å². The predicted molar refractivity (Wildman–Crippen MR) is 31.4 cm³/mol. The molecule has 3 heteroatoms. The van der Waals surface area contributed by atoms with Gasteiger partial charge in [0.2, 0.25) is 0 Å². The molecule has 0 aromatic heterocycles. The van der Waals surface area contributed by atoms with Crippen LogP contribution in [-0.4, -0.2) is 13.7 Å². The van der Waals surface area contributed by atoms with Crippen molar-refractivity contribution in [2.75, 3.05) is 13.7 Å². The number of nitrogens with two attached hydrogens (primary N) is 1. The molecule has 0 aromatic rings. The molecule has 0 atom stereocenters. The molecule has 0 fully saturated rings. The van der Waals surface area contributed by atoms with Gasteiger partial charge in [0, 0.05) is 7.11 Å². The summed E-state index contributed by atoms with van der Waals surface area (Å²) in [6.07, 6.45) is 0. The summed E-state index contributed by atoms with van der Waals surface area (Å²) >= 11 is 0. The van der Waals surface area contributed by atoms with Gasteiger partial charge in [0.15, 0.2) is 0 Å². The van der Waals surface area contributed by atoms with Crippen LogP contribution < -0.4 is 5.73 Å². The Bertz CT molecular complexity index is 19.9. The van der Waals surface area contributed by atoms with E-state index in [0.717, 1.165) is 0 Å². The minimum Gasteiger partial charge on any atom is -0.481 e. The zero-order valence-corrected chi connectivity index (χ0v) is 9.64. The third kappa shape index (κ3) is 28.2. The largest absolute Gasteiger partial charge is 2.00 e. The smallest absolute Gasteiger partial charge is 0.481 e. The van der Waals surface area contributed by atoms with Gasteiger partial charge in [-0.15, -0.1) is 0 Å². The van der Waals surface area contributed by atoms with Crippen LogP contribution >= 0.6 is 0 Å². The van der Waals surface area contributed by atoms with Crippen molar-refractivity contribution in [1.29, 1.82) is 0 Å². The summed E-state index contributed by atoms with van der Waals surface area (Å²) in [6.45, 7) is 7.00. The first kappa shape index (κ1) is 16.0. The Kier molecular flexibility index (Phi) is 49.1. The van der Waals surface area contributed by atoms with Crippen molar-refractivity contribution in [2.24, 2.45) is 5.73 Å². The standard InChI is InChI=1S/C3H8NO.C2H5.U/c1-5-3-2-4;1-2;/h2H,3-4H2,1H3;1H2,2H3;/q2*-1;+2. The number of hydrogen-bond donors (Lipinski definition) is 1. The fourth-order valence-electron chi connectivity index (χ4n) is 0.0962. The van der Waals surface area contributed by atoms with Gasteiger partial charge in [-0.3, -0.25) is 0 Å². The van der Waals surface area contributed by atoms with Crippen LogP contribution in [-0.2, 0) is 4.74 Å². The fraction of sp³-hybridized carbons (Fsp3) is 0.600. The first-order valence-corrected chi connectivity index (χ1v) is 2.15. The van der Waals surface area contributed by atoms with Crippen LogP contribution in [0.1, 0.15) is 6.92 Å². The molecule has 0 spiro atoms. The van der Waals surface area contributed by atoms with Crippen LogP contribution in [0.5, 0.6) is 0 Å². The normalized spacial score (nSPS) is 6.00. The van der Waals surface area contributed by atoms with E-state index in [1.54, 1.807) is 14.0 Å². The van der Waals surface area contributed by atoms with Gasteiger partial charge in [0.05, 0.1) is 0 Å². The molecular formula is C5H13NOU. The molecule has 0 saturated heterocycles. The van der Waals surface area contributed by atoms with Crippen LogP contribution in [0.3, 0.4) is 0 Å². The third-order valence-electron chi connectivity index (χ3n) is 0.263. The van der Waals surface area contributed by atoms with E-state index in [-0.39, 0.29) is 31.1 Å². The quantitative estimate of drug-likeness (QED) is 0.747. The fourth-order valence-corrected chi connectivity index (χ4v) is 0.0962. The minimum atomic E-state index is 0. The van der Waals surface area contributed by atoms with Gasteiger partial charge in [-0.1, -0.05) is 6.61 Å². The summed E-state index contributed by atoms with van der Waals surface area (Å²) in [4.78, 5) is 0. The third-order valence-corrected chi connectivity index (χ3v) is 0.263. The molecule has 0 aliphatic rings. The van der Waals surface area contributed by atoms with E-state index in [1.165, 1.54) is 6.54 Å². The van der Waals surface area contributed by atoms with E-state index < -0.39 is 0 Å². The molecule has 0 radical (unpaired) electrons. The minimum absolute atomic E-state index is 0. The molecule has 0 amide bonds. The topological polar surface area (TPSA) is 35.2 Å². The van der Waals surface area contributed by atoms with Crippen LogP contribution in [0.2, 0.25) is 0 Å². The van der Waals surface area contributed by atoms with Gasteiger partial charge < -0.3 is 17.4 Å². The van der Waals surface area contributed by atoms with Crippen molar-refractivity contribution in [1.82, 2.24) is 0 Å². The molecule has 48 valence electrons. The summed E-state index contributed by atoms with van der Waals surface area (Å²) in [7, 11) is 1.60. The van der Waals surface area contributed by atoms with Gasteiger partial charge in [0.1, 0.15) is 0 Å². The first-order valence-electron chi connectivity index (χ1n) is 2.15. The molecule has 0 unspecified atom stereocenters. The van der Waals surface area contributed by atoms with E-state index in [1.807, 2.05) is 0 Å². The number of rotatable bonds is 2. The average Bonchev–Trinajstić information content (AvgIpc) is 1.75. The number of ether oxygens (including phenoxy) is 1. The maximum absolute atomic E-state index is 4.89. The van der Waals surface area contributed by atoms with E-state index >= 15 is 0 Å². The first-order chi connectivity index (χ1) is 3.41.